The van der Waals surface area contributed by atoms with E-state index in [-0.39, 0.29) is 0 Å². The Kier molecular flexibility index (Phi) is 3.12. The zero-order chi connectivity index (χ0) is 11.7. The number of hydrogen-bond acceptors (Lipinski definition) is 4. The quantitative estimate of drug-likeness (QED) is 0.890. The maximum Gasteiger partial charge on any atom is 0.153 e. The molecule has 0 atom stereocenters. The predicted molar refractivity (Wildman–Crippen MR) is 69.4 cm³/mol. The molecule has 0 unspecified atom stereocenters. The van der Waals surface area contributed by atoms with Gasteiger partial charge in [0, 0.05) is 7.05 Å². The van der Waals surface area contributed by atoms with Crippen molar-refractivity contribution in [3.05, 3.63) is 27.9 Å². The Labute approximate surface area is 104 Å². The van der Waals surface area contributed by atoms with Crippen LogP contribution in [0.3, 0.4) is 0 Å². The molecule has 0 saturated carbocycles. The van der Waals surface area contributed by atoms with E-state index in [4.69, 9.17) is 11.6 Å². The van der Waals surface area contributed by atoms with E-state index >= 15 is 0 Å². The second kappa shape index (κ2) is 4.39. The fourth-order valence-corrected chi connectivity index (χ4v) is 2.53. The lowest BCUT2D eigenvalue weighted by Gasteiger charge is -2.09. The summed E-state index contributed by atoms with van der Waals surface area (Å²) in [6, 6.07) is 1.87. The summed E-state index contributed by atoms with van der Waals surface area (Å²) < 4.78 is 0. The van der Waals surface area contributed by atoms with Crippen molar-refractivity contribution in [2.75, 3.05) is 12.4 Å². The molecule has 0 aliphatic heterocycles. The third kappa shape index (κ3) is 1.90. The van der Waals surface area contributed by atoms with E-state index in [2.05, 4.69) is 15.3 Å². The molecule has 0 radical (unpaired) electrons. The first-order valence-electron chi connectivity index (χ1n) is 4.90. The molecule has 0 aliphatic rings. The van der Waals surface area contributed by atoms with Crippen LogP contribution in [0.25, 0.3) is 10.6 Å². The van der Waals surface area contributed by atoms with Crippen molar-refractivity contribution in [1.82, 2.24) is 9.97 Å². The normalized spacial score (nSPS) is 10.5. The van der Waals surface area contributed by atoms with Crippen LogP contribution in [-0.2, 0) is 0 Å². The second-order valence-corrected chi connectivity index (χ2v) is 4.76. The number of aryl methyl sites for hydroxylation is 2. The molecule has 0 aromatic carbocycles. The van der Waals surface area contributed by atoms with Gasteiger partial charge in [-0.25, -0.2) is 9.97 Å². The van der Waals surface area contributed by atoms with Crippen LogP contribution in [0.1, 0.15) is 11.4 Å². The standard InChI is InChI=1S/C11H12ClN3S/c1-6-7(2)15-11(13-3)9(14-6)10-8(12)4-5-16-10/h4-5H,1-3H3,(H,13,15). The number of halogens is 1. The molecular formula is C11H12ClN3S. The van der Waals surface area contributed by atoms with Crippen LogP contribution in [0, 0.1) is 13.8 Å². The van der Waals surface area contributed by atoms with E-state index in [0.717, 1.165) is 32.8 Å². The number of nitrogens with zero attached hydrogens (tertiary/aromatic N) is 2. The zero-order valence-electron chi connectivity index (χ0n) is 9.34. The van der Waals surface area contributed by atoms with E-state index in [1.165, 1.54) is 0 Å². The first kappa shape index (κ1) is 11.4. The molecule has 0 bridgehead atoms. The van der Waals surface area contributed by atoms with Crippen molar-refractivity contribution in [2.24, 2.45) is 0 Å². The van der Waals surface area contributed by atoms with Gasteiger partial charge in [-0.15, -0.1) is 11.3 Å². The molecule has 0 saturated heterocycles. The highest BCUT2D eigenvalue weighted by atomic mass is 35.5. The van der Waals surface area contributed by atoms with E-state index in [1.54, 1.807) is 11.3 Å². The van der Waals surface area contributed by atoms with Crippen LogP contribution in [0.4, 0.5) is 5.82 Å². The molecule has 2 rings (SSSR count). The van der Waals surface area contributed by atoms with Crippen LogP contribution >= 0.6 is 22.9 Å². The summed E-state index contributed by atoms with van der Waals surface area (Å²) in [5.74, 6) is 0.771. The molecule has 84 valence electrons. The van der Waals surface area contributed by atoms with Gasteiger partial charge < -0.3 is 5.32 Å². The molecule has 0 fully saturated rings. The topological polar surface area (TPSA) is 37.8 Å². The lowest BCUT2D eigenvalue weighted by atomic mass is 10.3. The predicted octanol–water partition coefficient (Wildman–Crippen LogP) is 3.52. The monoisotopic (exact) mass is 253 g/mol. The van der Waals surface area contributed by atoms with Crippen molar-refractivity contribution in [2.45, 2.75) is 13.8 Å². The summed E-state index contributed by atoms with van der Waals surface area (Å²) in [7, 11) is 1.84. The van der Waals surface area contributed by atoms with Crippen LogP contribution in [0.2, 0.25) is 5.02 Å². The minimum absolute atomic E-state index is 0.721. The van der Waals surface area contributed by atoms with Crippen molar-refractivity contribution in [3.8, 4) is 10.6 Å². The van der Waals surface area contributed by atoms with E-state index in [0.29, 0.717) is 0 Å². The molecule has 3 nitrogen and oxygen atoms in total. The largest absolute Gasteiger partial charge is 0.371 e. The maximum atomic E-state index is 6.11. The first-order valence-corrected chi connectivity index (χ1v) is 6.15. The highest BCUT2D eigenvalue weighted by Gasteiger charge is 2.14. The van der Waals surface area contributed by atoms with Crippen molar-refractivity contribution in [1.29, 1.82) is 0 Å². The summed E-state index contributed by atoms with van der Waals surface area (Å²) in [5, 5.41) is 5.73. The Morgan fingerprint density at radius 2 is 1.94 bits per heavy atom. The van der Waals surface area contributed by atoms with Gasteiger partial charge in [-0.05, 0) is 25.3 Å². The average molecular weight is 254 g/mol. The number of hydrogen-bond donors (Lipinski definition) is 1. The van der Waals surface area contributed by atoms with Gasteiger partial charge in [0.25, 0.3) is 0 Å². The molecule has 0 amide bonds. The molecule has 0 aliphatic carbocycles. The summed E-state index contributed by atoms with van der Waals surface area (Å²) in [6.07, 6.45) is 0. The Bertz CT molecular complexity index is 522. The van der Waals surface area contributed by atoms with E-state index < -0.39 is 0 Å². The van der Waals surface area contributed by atoms with E-state index in [9.17, 15) is 0 Å². The fourth-order valence-electron chi connectivity index (χ4n) is 1.40. The SMILES string of the molecule is CNc1nc(C)c(C)nc1-c1sccc1Cl. The lowest BCUT2D eigenvalue weighted by molar-refractivity contribution is 1.05. The molecule has 2 aromatic heterocycles. The smallest absolute Gasteiger partial charge is 0.153 e. The summed E-state index contributed by atoms with van der Waals surface area (Å²) in [4.78, 5) is 9.97. The van der Waals surface area contributed by atoms with Gasteiger partial charge >= 0.3 is 0 Å². The molecular weight excluding hydrogens is 242 g/mol. The Balaban J connectivity index is 2.64. The van der Waals surface area contributed by atoms with E-state index in [1.807, 2.05) is 32.3 Å². The van der Waals surface area contributed by atoms with Crippen LogP contribution in [0.15, 0.2) is 11.4 Å². The van der Waals surface area contributed by atoms with Crippen LogP contribution in [-0.4, -0.2) is 17.0 Å². The number of thiophene rings is 1. The highest BCUT2D eigenvalue weighted by molar-refractivity contribution is 7.14. The minimum atomic E-state index is 0.721. The second-order valence-electron chi connectivity index (χ2n) is 3.44. The minimum Gasteiger partial charge on any atom is -0.371 e. The first-order chi connectivity index (χ1) is 7.63. The van der Waals surface area contributed by atoms with Gasteiger partial charge in [0.05, 0.1) is 21.3 Å². The third-order valence-corrected chi connectivity index (χ3v) is 3.72. The number of rotatable bonds is 2. The number of nitrogens with one attached hydrogen (secondary N) is 1. The highest BCUT2D eigenvalue weighted by Crippen LogP contribution is 2.35. The molecule has 0 spiro atoms. The molecule has 2 heterocycles. The molecule has 1 N–H and O–H groups in total. The third-order valence-electron chi connectivity index (χ3n) is 2.38. The molecule has 2 aromatic rings. The van der Waals surface area contributed by atoms with Gasteiger partial charge in [-0.1, -0.05) is 11.6 Å². The Morgan fingerprint density at radius 1 is 1.25 bits per heavy atom. The van der Waals surface area contributed by atoms with Gasteiger partial charge in [-0.2, -0.15) is 0 Å². The number of anilines is 1. The summed E-state index contributed by atoms with van der Waals surface area (Å²) in [6.45, 7) is 3.90. The Morgan fingerprint density at radius 3 is 2.50 bits per heavy atom. The van der Waals surface area contributed by atoms with Gasteiger partial charge in [-0.3, -0.25) is 0 Å². The summed E-state index contributed by atoms with van der Waals surface area (Å²) in [5.41, 5.74) is 2.69. The zero-order valence-corrected chi connectivity index (χ0v) is 10.9. The molecule has 5 heteroatoms. The molecule has 16 heavy (non-hydrogen) atoms. The summed E-state index contributed by atoms with van der Waals surface area (Å²) >= 11 is 7.68. The van der Waals surface area contributed by atoms with Gasteiger partial charge in [0.2, 0.25) is 0 Å². The maximum absolute atomic E-state index is 6.11. The van der Waals surface area contributed by atoms with Gasteiger partial charge in [0.1, 0.15) is 5.69 Å². The lowest BCUT2D eigenvalue weighted by Crippen LogP contribution is -2.02. The van der Waals surface area contributed by atoms with Crippen molar-refractivity contribution < 1.29 is 0 Å². The Hall–Kier alpha value is -1.13. The van der Waals surface area contributed by atoms with Crippen molar-refractivity contribution >= 4 is 28.8 Å². The van der Waals surface area contributed by atoms with Crippen molar-refractivity contribution in [3.63, 3.8) is 0 Å². The van der Waals surface area contributed by atoms with Gasteiger partial charge in [0.15, 0.2) is 5.82 Å². The van der Waals surface area contributed by atoms with Crippen LogP contribution < -0.4 is 5.32 Å². The number of aromatic nitrogens is 2. The average Bonchev–Trinajstić information content (AvgIpc) is 2.68. The van der Waals surface area contributed by atoms with Crippen LogP contribution in [0.5, 0.6) is 0 Å². The fraction of sp³-hybridized carbons (Fsp3) is 0.273.